The van der Waals surface area contributed by atoms with Crippen molar-refractivity contribution in [2.45, 2.75) is 43.0 Å². The number of amides is 1. The van der Waals surface area contributed by atoms with Crippen LogP contribution in [0, 0.1) is 20.8 Å². The highest BCUT2D eigenvalue weighted by atomic mass is 32.2. The first-order valence-electron chi connectivity index (χ1n) is 12.9. The molecule has 2 heterocycles. The van der Waals surface area contributed by atoms with Gasteiger partial charge < -0.3 is 14.8 Å². The van der Waals surface area contributed by atoms with Crippen LogP contribution in [0.3, 0.4) is 0 Å². The quantitative estimate of drug-likeness (QED) is 0.166. The van der Waals surface area contributed by atoms with E-state index in [0.717, 1.165) is 33.6 Å². The van der Waals surface area contributed by atoms with Gasteiger partial charge in [-0.15, -0.1) is 0 Å². The molecule has 0 fully saturated rings. The minimum Gasteiger partial charge on any atom is -0.360 e. The number of anilines is 2. The number of H-pyrrole nitrogens is 1. The molecule has 9 nitrogen and oxygen atoms in total. The first-order valence-corrected chi connectivity index (χ1v) is 15.2. The van der Waals surface area contributed by atoms with E-state index in [0.29, 0.717) is 16.6 Å². The van der Waals surface area contributed by atoms with Crippen molar-refractivity contribution in [3.63, 3.8) is 0 Å². The molecule has 0 spiro atoms. The topological polar surface area (TPSA) is 130 Å². The van der Waals surface area contributed by atoms with Crippen LogP contribution < -0.4 is 10.0 Å². The zero-order valence-corrected chi connectivity index (χ0v) is 24.6. The molecule has 11 heteroatoms. The summed E-state index contributed by atoms with van der Waals surface area (Å²) in [7, 11) is -3.86. The summed E-state index contributed by atoms with van der Waals surface area (Å²) in [5, 5.41) is 6.63. The summed E-state index contributed by atoms with van der Waals surface area (Å²) in [5.41, 5.74) is 6.48. The van der Waals surface area contributed by atoms with Gasteiger partial charge in [0.05, 0.1) is 21.5 Å². The van der Waals surface area contributed by atoms with Gasteiger partial charge in [0.15, 0.2) is 11.0 Å². The Balaban J connectivity index is 1.29. The SMILES string of the molecule is Cc1ccc(-c2nc(SC(C)C(=O)Nc3ccc(S(=O)(=O)Nc4cc(C)on4)cc3)[nH]c2-c2ccc(C)cc2)cc1. The van der Waals surface area contributed by atoms with E-state index in [1.165, 1.54) is 42.1 Å². The van der Waals surface area contributed by atoms with E-state index < -0.39 is 15.3 Å². The summed E-state index contributed by atoms with van der Waals surface area (Å²) < 4.78 is 32.5. The van der Waals surface area contributed by atoms with Crippen molar-refractivity contribution in [2.75, 3.05) is 10.0 Å². The van der Waals surface area contributed by atoms with E-state index in [1.807, 2.05) is 38.1 Å². The molecule has 2 aromatic heterocycles. The number of aryl methyl sites for hydroxylation is 3. The third-order valence-electron chi connectivity index (χ3n) is 6.30. The molecule has 0 aliphatic carbocycles. The molecule has 5 aromatic rings. The van der Waals surface area contributed by atoms with Gasteiger partial charge >= 0.3 is 0 Å². The fourth-order valence-electron chi connectivity index (χ4n) is 4.05. The first kappa shape index (κ1) is 28.2. The molecule has 0 bridgehead atoms. The number of sulfonamides is 1. The molecule has 41 heavy (non-hydrogen) atoms. The van der Waals surface area contributed by atoms with Gasteiger partial charge in [-0.05, 0) is 52.0 Å². The number of imidazole rings is 1. The lowest BCUT2D eigenvalue weighted by molar-refractivity contribution is -0.115. The van der Waals surface area contributed by atoms with E-state index in [2.05, 4.69) is 44.4 Å². The zero-order chi connectivity index (χ0) is 29.1. The molecule has 0 aliphatic rings. The number of rotatable bonds is 9. The maximum Gasteiger partial charge on any atom is 0.263 e. The molecule has 3 N–H and O–H groups in total. The highest BCUT2D eigenvalue weighted by Crippen LogP contribution is 2.34. The highest BCUT2D eigenvalue weighted by Gasteiger charge is 2.21. The number of aromatic nitrogens is 3. The third kappa shape index (κ3) is 6.69. The Morgan fingerprint density at radius 2 is 1.51 bits per heavy atom. The molecule has 0 aliphatic heterocycles. The molecule has 210 valence electrons. The smallest absolute Gasteiger partial charge is 0.263 e. The molecule has 1 atom stereocenters. The fraction of sp³-hybridized carbons (Fsp3) is 0.167. The van der Waals surface area contributed by atoms with Crippen molar-refractivity contribution in [1.82, 2.24) is 15.1 Å². The van der Waals surface area contributed by atoms with Gasteiger partial charge in [0.25, 0.3) is 10.0 Å². The summed E-state index contributed by atoms with van der Waals surface area (Å²) in [4.78, 5) is 21.3. The average molecular weight is 588 g/mol. The third-order valence-corrected chi connectivity index (χ3v) is 8.66. The van der Waals surface area contributed by atoms with E-state index in [4.69, 9.17) is 9.51 Å². The molecular weight excluding hydrogens is 558 g/mol. The summed E-state index contributed by atoms with van der Waals surface area (Å²) in [6, 6.07) is 23.8. The fourth-order valence-corrected chi connectivity index (χ4v) is 5.84. The number of hydrogen-bond acceptors (Lipinski definition) is 7. The number of nitrogens with zero attached hydrogens (tertiary/aromatic N) is 2. The van der Waals surface area contributed by atoms with Crippen LogP contribution in [-0.4, -0.2) is 34.7 Å². The molecule has 3 aromatic carbocycles. The number of carbonyl (C=O) groups excluding carboxylic acids is 1. The van der Waals surface area contributed by atoms with Crippen LogP contribution in [0.1, 0.15) is 23.8 Å². The van der Waals surface area contributed by atoms with Crippen LogP contribution in [0.2, 0.25) is 0 Å². The molecule has 1 unspecified atom stereocenters. The van der Waals surface area contributed by atoms with Gasteiger partial charge in [0.2, 0.25) is 5.91 Å². The second-order valence-corrected chi connectivity index (χ2v) is 12.7. The predicted octanol–water partition coefficient (Wildman–Crippen LogP) is 6.58. The Morgan fingerprint density at radius 1 is 0.902 bits per heavy atom. The van der Waals surface area contributed by atoms with Gasteiger partial charge in [-0.3, -0.25) is 9.52 Å². The summed E-state index contributed by atoms with van der Waals surface area (Å²) >= 11 is 1.31. The Hall–Kier alpha value is -4.35. The standard InChI is InChI=1S/C30H29N5O4S2/c1-18-5-9-22(10-6-18)27-28(23-11-7-19(2)8-12-23)33-30(32-27)40-21(4)29(36)31-24-13-15-25(16-14-24)41(37,38)35-26-17-20(3)39-34-26/h5-17,21H,1-4H3,(H,31,36)(H,32,33)(H,34,35). The largest absolute Gasteiger partial charge is 0.360 e. The Kier molecular flexibility index (Phi) is 8.00. The summed E-state index contributed by atoms with van der Waals surface area (Å²) in [5.74, 6) is 0.340. The number of aromatic amines is 1. The van der Waals surface area contributed by atoms with Gasteiger partial charge in [0.1, 0.15) is 5.76 Å². The molecule has 0 radical (unpaired) electrons. The predicted molar refractivity (Wildman–Crippen MR) is 161 cm³/mol. The number of nitrogens with one attached hydrogen (secondary N) is 3. The summed E-state index contributed by atoms with van der Waals surface area (Å²) in [6.07, 6.45) is 0. The Labute approximate surface area is 242 Å². The van der Waals surface area contributed by atoms with E-state index in [1.54, 1.807) is 13.8 Å². The van der Waals surface area contributed by atoms with Crippen molar-refractivity contribution in [3.8, 4) is 22.5 Å². The van der Waals surface area contributed by atoms with E-state index in [9.17, 15) is 13.2 Å². The van der Waals surface area contributed by atoms with Crippen LogP contribution in [0.5, 0.6) is 0 Å². The number of thioether (sulfide) groups is 1. The van der Waals surface area contributed by atoms with Gasteiger partial charge in [-0.2, -0.15) is 0 Å². The van der Waals surface area contributed by atoms with Crippen LogP contribution in [0.15, 0.2) is 93.4 Å². The molecule has 1 amide bonds. The zero-order valence-electron chi connectivity index (χ0n) is 22.9. The van der Waals surface area contributed by atoms with E-state index >= 15 is 0 Å². The number of hydrogen-bond donors (Lipinski definition) is 3. The average Bonchev–Trinajstić information content (AvgIpc) is 3.55. The molecule has 5 rings (SSSR count). The molecule has 0 saturated carbocycles. The Bertz CT molecular complexity index is 1710. The molecule has 0 saturated heterocycles. The van der Waals surface area contributed by atoms with Gasteiger partial charge in [0, 0.05) is 22.9 Å². The highest BCUT2D eigenvalue weighted by molar-refractivity contribution is 8.00. The van der Waals surface area contributed by atoms with Crippen LogP contribution in [0.25, 0.3) is 22.5 Å². The minimum atomic E-state index is -3.86. The lowest BCUT2D eigenvalue weighted by atomic mass is 10.0. The minimum absolute atomic E-state index is 0.0291. The Morgan fingerprint density at radius 3 is 2.10 bits per heavy atom. The molecular formula is C30H29N5O4S2. The van der Waals surface area contributed by atoms with Gasteiger partial charge in [-0.25, -0.2) is 13.4 Å². The van der Waals surface area contributed by atoms with Crippen molar-refractivity contribution in [2.24, 2.45) is 0 Å². The van der Waals surface area contributed by atoms with Crippen LogP contribution in [0.4, 0.5) is 11.5 Å². The number of benzene rings is 3. The lowest BCUT2D eigenvalue weighted by Crippen LogP contribution is -2.22. The van der Waals surface area contributed by atoms with E-state index in [-0.39, 0.29) is 16.6 Å². The van der Waals surface area contributed by atoms with Crippen molar-refractivity contribution < 1.29 is 17.7 Å². The summed E-state index contributed by atoms with van der Waals surface area (Å²) in [6.45, 7) is 7.55. The lowest BCUT2D eigenvalue weighted by Gasteiger charge is -2.11. The van der Waals surface area contributed by atoms with Crippen LogP contribution in [-0.2, 0) is 14.8 Å². The van der Waals surface area contributed by atoms with Crippen molar-refractivity contribution in [1.29, 1.82) is 0 Å². The first-order chi connectivity index (χ1) is 19.6. The van der Waals surface area contributed by atoms with Crippen molar-refractivity contribution >= 4 is 39.2 Å². The second-order valence-electron chi connectivity index (χ2n) is 9.70. The monoisotopic (exact) mass is 587 g/mol. The number of carbonyl (C=O) groups is 1. The maximum absolute atomic E-state index is 13.0. The maximum atomic E-state index is 13.0. The van der Waals surface area contributed by atoms with Gasteiger partial charge in [-0.1, -0.05) is 76.6 Å². The second kappa shape index (κ2) is 11.6. The van der Waals surface area contributed by atoms with Crippen molar-refractivity contribution in [3.05, 3.63) is 95.7 Å². The normalized spacial score (nSPS) is 12.2. The van der Waals surface area contributed by atoms with Crippen LogP contribution >= 0.6 is 11.8 Å².